The van der Waals surface area contributed by atoms with Crippen molar-refractivity contribution >= 4 is 40.2 Å². The topological polar surface area (TPSA) is 75.9 Å². The maximum Gasteiger partial charge on any atom is 0.260 e. The number of hydrogen-bond donors (Lipinski definition) is 1. The van der Waals surface area contributed by atoms with E-state index in [4.69, 9.17) is 10.5 Å². The van der Waals surface area contributed by atoms with Crippen molar-refractivity contribution in [2.24, 2.45) is 5.73 Å². The van der Waals surface area contributed by atoms with E-state index >= 15 is 0 Å². The number of nitrogens with two attached hydrogens (primary N) is 1. The minimum Gasteiger partial charge on any atom is -0.484 e. The summed E-state index contributed by atoms with van der Waals surface area (Å²) in [5, 5.41) is 0. The molecule has 2 N–H and O–H groups in total. The van der Waals surface area contributed by atoms with Gasteiger partial charge in [0.2, 0.25) is 5.91 Å². The van der Waals surface area contributed by atoms with Gasteiger partial charge in [-0.1, -0.05) is 15.9 Å². The molecule has 8 heteroatoms. The quantitative estimate of drug-likeness (QED) is 0.825. The third-order valence-electron chi connectivity index (χ3n) is 3.34. The Morgan fingerprint density at radius 1 is 1.05 bits per heavy atom. The number of halogens is 2. The van der Waals surface area contributed by atoms with E-state index in [0.717, 1.165) is 4.47 Å². The van der Waals surface area contributed by atoms with E-state index in [1.807, 2.05) is 12.1 Å². The summed E-state index contributed by atoms with van der Waals surface area (Å²) in [6, 6.07) is 7.32. The van der Waals surface area contributed by atoms with Crippen LogP contribution in [0.3, 0.4) is 0 Å². The van der Waals surface area contributed by atoms with E-state index in [1.165, 1.54) is 0 Å². The lowest BCUT2D eigenvalue weighted by atomic mass is 10.3. The van der Waals surface area contributed by atoms with Crippen molar-refractivity contribution in [3.63, 3.8) is 0 Å². The van der Waals surface area contributed by atoms with E-state index < -0.39 is 0 Å². The van der Waals surface area contributed by atoms with Gasteiger partial charge in [-0.25, -0.2) is 0 Å². The molecule has 0 atom stereocenters. The largest absolute Gasteiger partial charge is 0.484 e. The standard InChI is InChI=1S/C14H18BrN3O3.ClH/c15-11-1-3-12(4-2-11)21-10-14(20)18-7-5-17(6-8-18)13(19)9-16;/h1-4H,5-10,16H2;1H. The van der Waals surface area contributed by atoms with Crippen LogP contribution in [0.5, 0.6) is 5.75 Å². The summed E-state index contributed by atoms with van der Waals surface area (Å²) in [5.74, 6) is 0.509. The predicted octanol–water partition coefficient (Wildman–Crippen LogP) is 0.879. The van der Waals surface area contributed by atoms with Crippen molar-refractivity contribution in [2.75, 3.05) is 39.3 Å². The summed E-state index contributed by atoms with van der Waals surface area (Å²) in [5.41, 5.74) is 5.32. The number of carbonyl (C=O) groups is 2. The molecule has 22 heavy (non-hydrogen) atoms. The molecule has 1 aromatic rings. The average Bonchev–Trinajstić information content (AvgIpc) is 2.53. The van der Waals surface area contributed by atoms with Gasteiger partial charge in [-0.2, -0.15) is 0 Å². The second kappa shape index (κ2) is 8.97. The highest BCUT2D eigenvalue weighted by Crippen LogP contribution is 2.16. The van der Waals surface area contributed by atoms with Crippen LogP contribution in [0.4, 0.5) is 0 Å². The van der Waals surface area contributed by atoms with Crippen LogP contribution in [0.2, 0.25) is 0 Å². The van der Waals surface area contributed by atoms with Gasteiger partial charge in [0.1, 0.15) is 5.75 Å². The molecule has 2 amide bonds. The first-order chi connectivity index (χ1) is 10.1. The van der Waals surface area contributed by atoms with Gasteiger partial charge in [0, 0.05) is 30.7 Å². The van der Waals surface area contributed by atoms with Gasteiger partial charge in [0.05, 0.1) is 6.54 Å². The minimum atomic E-state index is -0.0757. The second-order valence-corrected chi connectivity index (χ2v) is 5.62. The average molecular weight is 393 g/mol. The Morgan fingerprint density at radius 3 is 2.05 bits per heavy atom. The third kappa shape index (κ3) is 5.15. The number of piperazine rings is 1. The number of carbonyl (C=O) groups excluding carboxylic acids is 2. The number of nitrogens with zero attached hydrogens (tertiary/aromatic N) is 2. The van der Waals surface area contributed by atoms with Crippen molar-refractivity contribution in [3.8, 4) is 5.75 Å². The van der Waals surface area contributed by atoms with E-state index in [1.54, 1.807) is 21.9 Å². The Bertz CT molecular complexity index is 505. The first-order valence-corrected chi connectivity index (χ1v) is 7.53. The highest BCUT2D eigenvalue weighted by molar-refractivity contribution is 9.10. The van der Waals surface area contributed by atoms with Crippen molar-refractivity contribution in [3.05, 3.63) is 28.7 Å². The van der Waals surface area contributed by atoms with Crippen LogP contribution in [-0.2, 0) is 9.59 Å². The van der Waals surface area contributed by atoms with Crippen molar-refractivity contribution in [1.82, 2.24) is 9.80 Å². The Balaban J connectivity index is 0.00000242. The molecule has 0 bridgehead atoms. The monoisotopic (exact) mass is 391 g/mol. The molecule has 1 aliphatic rings. The SMILES string of the molecule is Cl.NCC(=O)N1CCN(C(=O)COc2ccc(Br)cc2)CC1. The zero-order chi connectivity index (χ0) is 15.2. The summed E-state index contributed by atoms with van der Waals surface area (Å²) in [4.78, 5) is 26.9. The third-order valence-corrected chi connectivity index (χ3v) is 3.86. The van der Waals surface area contributed by atoms with Gasteiger partial charge in [-0.05, 0) is 24.3 Å². The fraction of sp³-hybridized carbons (Fsp3) is 0.429. The molecule has 0 radical (unpaired) electrons. The molecular formula is C14H19BrClN3O3. The molecule has 0 aromatic heterocycles. The van der Waals surface area contributed by atoms with E-state index in [-0.39, 0.29) is 37.4 Å². The molecule has 1 heterocycles. The minimum absolute atomic E-state index is 0. The maximum atomic E-state index is 12.0. The van der Waals surface area contributed by atoms with Gasteiger partial charge in [-0.15, -0.1) is 12.4 Å². The highest BCUT2D eigenvalue weighted by Gasteiger charge is 2.23. The van der Waals surface area contributed by atoms with Gasteiger partial charge in [-0.3, -0.25) is 9.59 Å². The summed E-state index contributed by atoms with van der Waals surface area (Å²) in [6.45, 7) is 2.12. The molecule has 2 rings (SSSR count). The molecule has 0 unspecified atom stereocenters. The summed E-state index contributed by atoms with van der Waals surface area (Å²) in [7, 11) is 0. The molecule has 0 saturated carbocycles. The van der Waals surface area contributed by atoms with Gasteiger partial charge < -0.3 is 20.3 Å². The number of rotatable bonds is 4. The molecule has 122 valence electrons. The van der Waals surface area contributed by atoms with Crippen LogP contribution in [0.15, 0.2) is 28.7 Å². The zero-order valence-corrected chi connectivity index (χ0v) is 14.4. The Morgan fingerprint density at radius 2 is 1.55 bits per heavy atom. The lowest BCUT2D eigenvalue weighted by molar-refractivity contribution is -0.140. The van der Waals surface area contributed by atoms with Gasteiger partial charge in [0.15, 0.2) is 6.61 Å². The zero-order valence-electron chi connectivity index (χ0n) is 12.0. The Labute approximate surface area is 144 Å². The molecule has 0 spiro atoms. The Kier molecular flexibility index (Phi) is 7.64. The lowest BCUT2D eigenvalue weighted by Crippen LogP contribution is -2.52. The molecule has 1 aromatic carbocycles. The summed E-state index contributed by atoms with van der Waals surface area (Å²) >= 11 is 3.34. The van der Waals surface area contributed by atoms with Gasteiger partial charge in [0.25, 0.3) is 5.91 Å². The molecule has 0 aliphatic carbocycles. The number of hydrogen-bond acceptors (Lipinski definition) is 4. The van der Waals surface area contributed by atoms with Crippen LogP contribution in [-0.4, -0.2) is 60.9 Å². The molecule has 1 fully saturated rings. The van der Waals surface area contributed by atoms with E-state index in [0.29, 0.717) is 31.9 Å². The number of amides is 2. The highest BCUT2D eigenvalue weighted by atomic mass is 79.9. The molecule has 1 saturated heterocycles. The fourth-order valence-electron chi connectivity index (χ4n) is 2.10. The molecule has 6 nitrogen and oxygen atoms in total. The lowest BCUT2D eigenvalue weighted by Gasteiger charge is -2.34. The van der Waals surface area contributed by atoms with Crippen LogP contribution in [0.1, 0.15) is 0 Å². The number of benzene rings is 1. The van der Waals surface area contributed by atoms with Crippen molar-refractivity contribution in [2.45, 2.75) is 0 Å². The maximum absolute atomic E-state index is 12.0. The summed E-state index contributed by atoms with van der Waals surface area (Å²) < 4.78 is 6.42. The number of ether oxygens (including phenoxy) is 1. The Hall–Kier alpha value is -1.31. The van der Waals surface area contributed by atoms with Crippen molar-refractivity contribution in [1.29, 1.82) is 0 Å². The van der Waals surface area contributed by atoms with Crippen LogP contribution >= 0.6 is 28.3 Å². The fourth-order valence-corrected chi connectivity index (χ4v) is 2.37. The first-order valence-electron chi connectivity index (χ1n) is 6.74. The van der Waals surface area contributed by atoms with Crippen molar-refractivity contribution < 1.29 is 14.3 Å². The molecular weight excluding hydrogens is 374 g/mol. The van der Waals surface area contributed by atoms with E-state index in [9.17, 15) is 9.59 Å². The second-order valence-electron chi connectivity index (χ2n) is 4.71. The van der Waals surface area contributed by atoms with E-state index in [2.05, 4.69) is 15.9 Å². The first kappa shape index (κ1) is 18.7. The van der Waals surface area contributed by atoms with Crippen LogP contribution < -0.4 is 10.5 Å². The van der Waals surface area contributed by atoms with Crippen LogP contribution in [0.25, 0.3) is 0 Å². The van der Waals surface area contributed by atoms with Crippen LogP contribution in [0, 0.1) is 0 Å². The molecule has 1 aliphatic heterocycles. The smallest absolute Gasteiger partial charge is 0.260 e. The van der Waals surface area contributed by atoms with Gasteiger partial charge >= 0.3 is 0 Å². The summed E-state index contributed by atoms with van der Waals surface area (Å²) in [6.07, 6.45) is 0. The normalized spacial score (nSPS) is 14.3. The predicted molar refractivity (Wildman–Crippen MR) is 89.1 cm³/mol.